The van der Waals surface area contributed by atoms with Gasteiger partial charge in [0.15, 0.2) is 0 Å². The topological polar surface area (TPSA) is 77.2 Å². The average molecular weight is 250 g/mol. The van der Waals surface area contributed by atoms with Crippen LogP contribution in [0.2, 0.25) is 0 Å². The zero-order valence-electron chi connectivity index (χ0n) is 10.2. The molecule has 0 saturated carbocycles. The molecule has 1 saturated heterocycles. The first-order valence-corrected chi connectivity index (χ1v) is 6.21. The monoisotopic (exact) mass is 250 g/mol. The minimum atomic E-state index is -0.0839. The van der Waals surface area contributed by atoms with Crippen LogP contribution < -0.4 is 10.6 Å². The summed E-state index contributed by atoms with van der Waals surface area (Å²) in [5.41, 5.74) is 0.630. The van der Waals surface area contributed by atoms with E-state index in [9.17, 15) is 9.59 Å². The summed E-state index contributed by atoms with van der Waals surface area (Å²) in [4.78, 5) is 27.6. The van der Waals surface area contributed by atoms with Crippen molar-refractivity contribution >= 4 is 11.9 Å². The third-order valence-corrected chi connectivity index (χ3v) is 2.92. The Bertz CT molecular complexity index is 402. The molecule has 1 aliphatic rings. The van der Waals surface area contributed by atoms with Crippen molar-refractivity contribution < 1.29 is 9.59 Å². The van der Waals surface area contributed by atoms with E-state index in [-0.39, 0.29) is 11.9 Å². The van der Waals surface area contributed by atoms with Crippen LogP contribution >= 0.6 is 0 Å². The molecule has 0 spiro atoms. The van der Waals surface area contributed by atoms with Gasteiger partial charge in [-0.05, 0) is 18.9 Å². The second kappa shape index (κ2) is 6.09. The van der Waals surface area contributed by atoms with Gasteiger partial charge in [-0.1, -0.05) is 0 Å². The average Bonchev–Trinajstić information content (AvgIpc) is 2.90. The summed E-state index contributed by atoms with van der Waals surface area (Å²) in [6.07, 6.45) is 5.13. The molecule has 3 amide bonds. The minimum absolute atomic E-state index is 0.00166. The Balaban J connectivity index is 1.64. The number of H-pyrrole nitrogens is 1. The van der Waals surface area contributed by atoms with Gasteiger partial charge in [-0.2, -0.15) is 0 Å². The molecule has 0 aliphatic carbocycles. The number of carbonyl (C=O) groups excluding carboxylic acids is 2. The molecule has 0 atom stereocenters. The molecule has 18 heavy (non-hydrogen) atoms. The van der Waals surface area contributed by atoms with Crippen molar-refractivity contribution in [1.29, 1.82) is 0 Å². The fraction of sp³-hybridized carbons (Fsp3) is 0.500. The number of carbonyl (C=O) groups is 2. The molecule has 1 aliphatic heterocycles. The Morgan fingerprint density at radius 2 is 2.39 bits per heavy atom. The molecule has 2 heterocycles. The maximum absolute atomic E-state index is 11.6. The van der Waals surface area contributed by atoms with Gasteiger partial charge in [-0.15, -0.1) is 0 Å². The van der Waals surface area contributed by atoms with Crippen LogP contribution in [0.4, 0.5) is 4.79 Å². The van der Waals surface area contributed by atoms with Gasteiger partial charge in [-0.25, -0.2) is 4.79 Å². The van der Waals surface area contributed by atoms with E-state index >= 15 is 0 Å². The molecule has 0 aromatic carbocycles. The Morgan fingerprint density at radius 3 is 3.11 bits per heavy atom. The minimum Gasteiger partial charge on any atom is -0.367 e. The number of hydrogen-bond acceptors (Lipinski definition) is 2. The highest BCUT2D eigenvalue weighted by Gasteiger charge is 2.16. The number of nitrogens with one attached hydrogen (secondary N) is 3. The zero-order chi connectivity index (χ0) is 12.8. The number of aromatic amines is 1. The van der Waals surface area contributed by atoms with Gasteiger partial charge in [0.1, 0.15) is 0 Å². The number of urea groups is 1. The highest BCUT2D eigenvalue weighted by molar-refractivity contribution is 5.93. The summed E-state index contributed by atoms with van der Waals surface area (Å²) in [5, 5.41) is 5.62. The second-order valence-electron chi connectivity index (χ2n) is 4.28. The molecule has 3 N–H and O–H groups in total. The molecular weight excluding hydrogens is 232 g/mol. The highest BCUT2D eigenvalue weighted by Crippen LogP contribution is 2.00. The van der Waals surface area contributed by atoms with Gasteiger partial charge in [0.2, 0.25) is 0 Å². The Hall–Kier alpha value is -1.98. The number of amides is 3. The largest absolute Gasteiger partial charge is 0.367 e. The lowest BCUT2D eigenvalue weighted by Gasteiger charge is -2.27. The molecule has 1 fully saturated rings. The van der Waals surface area contributed by atoms with Crippen LogP contribution in [0.15, 0.2) is 18.5 Å². The van der Waals surface area contributed by atoms with Crippen LogP contribution in [-0.2, 0) is 0 Å². The summed E-state index contributed by atoms with van der Waals surface area (Å²) in [6, 6.07) is 1.73. The number of hydrogen-bond donors (Lipinski definition) is 3. The molecule has 6 heteroatoms. The van der Waals surface area contributed by atoms with Gasteiger partial charge in [0, 0.05) is 38.6 Å². The maximum Gasteiger partial charge on any atom is 0.317 e. The fourth-order valence-corrected chi connectivity index (χ4v) is 1.93. The molecule has 0 bridgehead atoms. The smallest absolute Gasteiger partial charge is 0.317 e. The number of rotatable bonds is 5. The molecule has 0 radical (unpaired) electrons. The Kier molecular flexibility index (Phi) is 4.22. The van der Waals surface area contributed by atoms with E-state index in [4.69, 9.17) is 0 Å². The Labute approximate surface area is 106 Å². The van der Waals surface area contributed by atoms with Gasteiger partial charge in [-0.3, -0.25) is 4.79 Å². The highest BCUT2D eigenvalue weighted by atomic mass is 16.2. The predicted octanol–water partition coefficient (Wildman–Crippen LogP) is 0.550. The third-order valence-electron chi connectivity index (χ3n) is 2.92. The van der Waals surface area contributed by atoms with Crippen molar-refractivity contribution in [3.8, 4) is 0 Å². The first kappa shape index (κ1) is 12.5. The normalized spacial score (nSPS) is 15.3. The van der Waals surface area contributed by atoms with Gasteiger partial charge in [0.25, 0.3) is 5.91 Å². The number of nitrogens with zero attached hydrogens (tertiary/aromatic N) is 1. The van der Waals surface area contributed by atoms with Crippen LogP contribution in [0.3, 0.4) is 0 Å². The van der Waals surface area contributed by atoms with Crippen molar-refractivity contribution in [2.75, 3.05) is 26.2 Å². The lowest BCUT2D eigenvalue weighted by Crippen LogP contribution is -2.47. The Morgan fingerprint density at radius 1 is 1.50 bits per heavy atom. The van der Waals surface area contributed by atoms with E-state index in [1.165, 1.54) is 0 Å². The molecule has 1 aromatic rings. The van der Waals surface area contributed by atoms with Gasteiger partial charge >= 0.3 is 6.03 Å². The van der Waals surface area contributed by atoms with E-state index < -0.39 is 0 Å². The lowest BCUT2D eigenvalue weighted by atomic mass is 10.3. The summed E-state index contributed by atoms with van der Waals surface area (Å²) in [7, 11) is 0. The van der Waals surface area contributed by atoms with Crippen molar-refractivity contribution in [2.24, 2.45) is 0 Å². The quantitative estimate of drug-likeness (QED) is 0.667. The van der Waals surface area contributed by atoms with E-state index in [2.05, 4.69) is 15.6 Å². The van der Waals surface area contributed by atoms with Crippen LogP contribution in [0.5, 0.6) is 0 Å². The van der Waals surface area contributed by atoms with Crippen molar-refractivity contribution in [1.82, 2.24) is 20.5 Å². The van der Waals surface area contributed by atoms with E-state index in [0.717, 1.165) is 25.9 Å². The van der Waals surface area contributed by atoms with Crippen LogP contribution in [0, 0.1) is 0 Å². The van der Waals surface area contributed by atoms with E-state index in [1.54, 1.807) is 23.4 Å². The molecule has 1 aromatic heterocycles. The third kappa shape index (κ3) is 3.26. The van der Waals surface area contributed by atoms with Crippen molar-refractivity contribution in [3.05, 3.63) is 24.0 Å². The SMILES string of the molecule is O=C(NCCCN1CCCNC1=O)c1cc[nH]c1. The van der Waals surface area contributed by atoms with Crippen molar-refractivity contribution in [2.45, 2.75) is 12.8 Å². The first-order valence-electron chi connectivity index (χ1n) is 6.21. The van der Waals surface area contributed by atoms with Crippen LogP contribution in [-0.4, -0.2) is 48.0 Å². The van der Waals surface area contributed by atoms with Gasteiger partial charge < -0.3 is 20.5 Å². The summed E-state index contributed by atoms with van der Waals surface area (Å²) < 4.78 is 0. The van der Waals surface area contributed by atoms with Crippen molar-refractivity contribution in [3.63, 3.8) is 0 Å². The standard InChI is InChI=1S/C12H18N4O2/c17-11(10-3-6-13-9-10)14-4-1-7-16-8-2-5-15-12(16)18/h3,6,9,13H,1-2,4-5,7-8H2,(H,14,17)(H,15,18). The molecule has 2 rings (SSSR count). The summed E-state index contributed by atoms with van der Waals surface area (Å²) in [6.45, 7) is 2.82. The molecule has 0 unspecified atom stereocenters. The summed E-state index contributed by atoms with van der Waals surface area (Å²) in [5.74, 6) is -0.0839. The summed E-state index contributed by atoms with van der Waals surface area (Å²) >= 11 is 0. The van der Waals surface area contributed by atoms with Crippen LogP contribution in [0.25, 0.3) is 0 Å². The molecule has 6 nitrogen and oxygen atoms in total. The maximum atomic E-state index is 11.6. The molecular formula is C12H18N4O2. The first-order chi connectivity index (χ1) is 8.77. The fourth-order valence-electron chi connectivity index (χ4n) is 1.93. The zero-order valence-corrected chi connectivity index (χ0v) is 10.2. The second-order valence-corrected chi connectivity index (χ2v) is 4.28. The predicted molar refractivity (Wildman–Crippen MR) is 67.3 cm³/mol. The lowest BCUT2D eigenvalue weighted by molar-refractivity contribution is 0.0952. The van der Waals surface area contributed by atoms with Crippen LogP contribution in [0.1, 0.15) is 23.2 Å². The van der Waals surface area contributed by atoms with E-state index in [0.29, 0.717) is 18.7 Å². The van der Waals surface area contributed by atoms with E-state index in [1.807, 2.05) is 0 Å². The molecule has 98 valence electrons. The number of aromatic nitrogens is 1. The van der Waals surface area contributed by atoms with Gasteiger partial charge in [0.05, 0.1) is 5.56 Å².